The zero-order chi connectivity index (χ0) is 12.3. The van der Waals surface area contributed by atoms with E-state index in [9.17, 15) is 4.79 Å². The number of anilines is 1. The molecule has 0 radical (unpaired) electrons. The molecular formula is C12H13BrINO2. The fraction of sp³-hybridized carbons (Fsp3) is 0.417. The number of benzene rings is 1. The maximum atomic E-state index is 11.6. The van der Waals surface area contributed by atoms with Gasteiger partial charge >= 0.3 is 6.09 Å². The molecule has 0 atom stereocenters. The van der Waals surface area contributed by atoms with Gasteiger partial charge in [-0.1, -0.05) is 0 Å². The lowest BCUT2D eigenvalue weighted by molar-refractivity contribution is 0.114. The minimum Gasteiger partial charge on any atom is -0.446 e. The van der Waals surface area contributed by atoms with Crippen molar-refractivity contribution in [3.63, 3.8) is 0 Å². The topological polar surface area (TPSA) is 38.3 Å². The summed E-state index contributed by atoms with van der Waals surface area (Å²) in [5.74, 6) is 0. The molecule has 1 aliphatic carbocycles. The molecule has 0 spiro atoms. The van der Waals surface area contributed by atoms with E-state index in [-0.39, 0.29) is 12.2 Å². The number of rotatable bonds is 2. The standard InChI is InChI=1S/C12H13BrINO2/c13-10-7-8(5-6-11(10)14)15-12(16)17-9-3-1-2-4-9/h5-7,9H,1-4H2,(H,15,16). The summed E-state index contributed by atoms with van der Waals surface area (Å²) in [4.78, 5) is 11.6. The van der Waals surface area contributed by atoms with E-state index >= 15 is 0 Å². The minimum absolute atomic E-state index is 0.0993. The Balaban J connectivity index is 1.90. The lowest BCUT2D eigenvalue weighted by Gasteiger charge is -2.12. The van der Waals surface area contributed by atoms with Crippen LogP contribution in [0.15, 0.2) is 22.7 Å². The summed E-state index contributed by atoms with van der Waals surface area (Å²) in [7, 11) is 0. The van der Waals surface area contributed by atoms with Gasteiger partial charge in [0.05, 0.1) is 0 Å². The predicted octanol–water partition coefficient (Wildman–Crippen LogP) is 4.54. The van der Waals surface area contributed by atoms with Crippen molar-refractivity contribution in [2.45, 2.75) is 31.8 Å². The second-order valence-corrected chi connectivity index (χ2v) is 6.08. The molecule has 3 nitrogen and oxygen atoms in total. The predicted molar refractivity (Wildman–Crippen MR) is 79.2 cm³/mol. The Labute approximate surface area is 123 Å². The van der Waals surface area contributed by atoms with Gasteiger partial charge in [0, 0.05) is 13.7 Å². The second kappa shape index (κ2) is 6.04. The molecule has 1 N–H and O–H groups in total. The largest absolute Gasteiger partial charge is 0.446 e. The normalized spacial score (nSPS) is 15.9. The van der Waals surface area contributed by atoms with E-state index in [0.717, 1.165) is 39.4 Å². The first-order valence-corrected chi connectivity index (χ1v) is 7.45. The van der Waals surface area contributed by atoms with Crippen LogP contribution in [0.5, 0.6) is 0 Å². The van der Waals surface area contributed by atoms with Crippen molar-refractivity contribution < 1.29 is 9.53 Å². The molecule has 2 rings (SSSR count). The van der Waals surface area contributed by atoms with E-state index in [2.05, 4.69) is 43.8 Å². The Morgan fingerprint density at radius 2 is 2.12 bits per heavy atom. The highest BCUT2D eigenvalue weighted by atomic mass is 127. The van der Waals surface area contributed by atoms with Crippen LogP contribution in [-0.2, 0) is 4.74 Å². The van der Waals surface area contributed by atoms with E-state index in [1.165, 1.54) is 0 Å². The van der Waals surface area contributed by atoms with Crippen molar-refractivity contribution >= 4 is 50.3 Å². The van der Waals surface area contributed by atoms with Gasteiger partial charge in [0.2, 0.25) is 0 Å². The molecule has 92 valence electrons. The Hall–Kier alpha value is -0.300. The molecule has 1 aromatic carbocycles. The number of carbonyl (C=O) groups is 1. The lowest BCUT2D eigenvalue weighted by atomic mass is 10.3. The van der Waals surface area contributed by atoms with Crippen LogP contribution in [0, 0.1) is 3.57 Å². The summed E-state index contributed by atoms with van der Waals surface area (Å²) in [5.41, 5.74) is 0.750. The van der Waals surface area contributed by atoms with E-state index in [1.54, 1.807) is 0 Å². The van der Waals surface area contributed by atoms with Crippen LogP contribution in [0.2, 0.25) is 0 Å². The number of hydrogen-bond donors (Lipinski definition) is 1. The van der Waals surface area contributed by atoms with Crippen molar-refractivity contribution in [1.29, 1.82) is 0 Å². The van der Waals surface area contributed by atoms with Gasteiger partial charge in [0.15, 0.2) is 0 Å². The number of hydrogen-bond acceptors (Lipinski definition) is 2. The molecule has 0 aromatic heterocycles. The third-order valence-electron chi connectivity index (χ3n) is 2.74. The minimum atomic E-state index is -0.356. The van der Waals surface area contributed by atoms with Crippen molar-refractivity contribution in [2.24, 2.45) is 0 Å². The van der Waals surface area contributed by atoms with E-state index in [4.69, 9.17) is 4.74 Å². The monoisotopic (exact) mass is 409 g/mol. The van der Waals surface area contributed by atoms with Crippen LogP contribution < -0.4 is 5.32 Å². The fourth-order valence-corrected chi connectivity index (χ4v) is 2.59. The first-order chi connectivity index (χ1) is 8.15. The van der Waals surface area contributed by atoms with E-state index < -0.39 is 0 Å². The number of halogens is 2. The average Bonchev–Trinajstić information content (AvgIpc) is 2.76. The molecule has 0 bridgehead atoms. The van der Waals surface area contributed by atoms with Crippen LogP contribution in [0.3, 0.4) is 0 Å². The van der Waals surface area contributed by atoms with Gasteiger partial charge in [-0.2, -0.15) is 0 Å². The number of amides is 1. The zero-order valence-corrected chi connectivity index (χ0v) is 13.0. The number of carbonyl (C=O) groups excluding carboxylic acids is 1. The van der Waals surface area contributed by atoms with Crippen molar-refractivity contribution in [1.82, 2.24) is 0 Å². The van der Waals surface area contributed by atoms with Gasteiger partial charge in [-0.3, -0.25) is 5.32 Å². The summed E-state index contributed by atoms with van der Waals surface area (Å²) in [6.07, 6.45) is 4.04. The molecule has 1 aliphatic rings. The molecular weight excluding hydrogens is 397 g/mol. The van der Waals surface area contributed by atoms with Crippen LogP contribution >= 0.6 is 38.5 Å². The number of nitrogens with one attached hydrogen (secondary N) is 1. The molecule has 5 heteroatoms. The van der Waals surface area contributed by atoms with Crippen molar-refractivity contribution in [2.75, 3.05) is 5.32 Å². The molecule has 1 amide bonds. The van der Waals surface area contributed by atoms with E-state index in [0.29, 0.717) is 0 Å². The summed E-state index contributed by atoms with van der Waals surface area (Å²) in [6.45, 7) is 0. The third kappa shape index (κ3) is 3.84. The molecule has 0 heterocycles. The average molecular weight is 410 g/mol. The van der Waals surface area contributed by atoms with Gasteiger partial charge < -0.3 is 4.74 Å². The van der Waals surface area contributed by atoms with Crippen molar-refractivity contribution in [3.8, 4) is 0 Å². The molecule has 1 saturated carbocycles. The van der Waals surface area contributed by atoms with Crippen LogP contribution in [0.25, 0.3) is 0 Å². The SMILES string of the molecule is O=C(Nc1ccc(I)c(Br)c1)OC1CCCC1. The summed E-state index contributed by atoms with van der Waals surface area (Å²) in [5, 5.41) is 2.74. The molecule has 0 unspecified atom stereocenters. The van der Waals surface area contributed by atoms with Crippen LogP contribution in [0.1, 0.15) is 25.7 Å². The van der Waals surface area contributed by atoms with Gasteiger partial charge in [-0.25, -0.2) is 4.79 Å². The Morgan fingerprint density at radius 1 is 1.41 bits per heavy atom. The molecule has 0 saturated heterocycles. The summed E-state index contributed by atoms with van der Waals surface area (Å²) < 4.78 is 7.40. The molecule has 1 aromatic rings. The molecule has 0 aliphatic heterocycles. The summed E-state index contributed by atoms with van der Waals surface area (Å²) >= 11 is 5.65. The maximum absolute atomic E-state index is 11.6. The lowest BCUT2D eigenvalue weighted by Crippen LogP contribution is -2.20. The Morgan fingerprint density at radius 3 is 2.76 bits per heavy atom. The first-order valence-electron chi connectivity index (χ1n) is 5.58. The zero-order valence-electron chi connectivity index (χ0n) is 9.21. The smallest absolute Gasteiger partial charge is 0.411 e. The maximum Gasteiger partial charge on any atom is 0.411 e. The fourth-order valence-electron chi connectivity index (χ4n) is 1.88. The van der Waals surface area contributed by atoms with Gasteiger partial charge in [-0.05, 0) is 82.4 Å². The number of ether oxygens (including phenoxy) is 1. The second-order valence-electron chi connectivity index (χ2n) is 4.07. The molecule has 1 fully saturated rings. The van der Waals surface area contributed by atoms with Crippen LogP contribution in [0.4, 0.5) is 10.5 Å². The highest BCUT2D eigenvalue weighted by Crippen LogP contribution is 2.24. The Kier molecular flexibility index (Phi) is 4.67. The third-order valence-corrected chi connectivity index (χ3v) is 5.08. The van der Waals surface area contributed by atoms with Gasteiger partial charge in [0.1, 0.15) is 6.10 Å². The highest BCUT2D eigenvalue weighted by molar-refractivity contribution is 14.1. The first kappa shape index (κ1) is 13.1. The van der Waals surface area contributed by atoms with Gasteiger partial charge in [0.25, 0.3) is 0 Å². The highest BCUT2D eigenvalue weighted by Gasteiger charge is 2.19. The van der Waals surface area contributed by atoms with Crippen molar-refractivity contribution in [3.05, 3.63) is 26.2 Å². The quantitative estimate of drug-likeness (QED) is 0.728. The van der Waals surface area contributed by atoms with Gasteiger partial charge in [-0.15, -0.1) is 0 Å². The van der Waals surface area contributed by atoms with E-state index in [1.807, 2.05) is 18.2 Å². The summed E-state index contributed by atoms with van der Waals surface area (Å²) in [6, 6.07) is 5.68. The van der Waals surface area contributed by atoms with Crippen LogP contribution in [-0.4, -0.2) is 12.2 Å². The Bertz CT molecular complexity index is 419. The molecule has 17 heavy (non-hydrogen) atoms.